The Balaban J connectivity index is 1.48. The second-order valence-electron chi connectivity index (χ2n) is 9.80. The van der Waals surface area contributed by atoms with Crippen LogP contribution in [0.15, 0.2) is 77.8 Å². The molecule has 3 aromatic rings. The summed E-state index contributed by atoms with van der Waals surface area (Å²) in [5.41, 5.74) is 3.53. The zero-order valence-corrected chi connectivity index (χ0v) is 21.4. The van der Waals surface area contributed by atoms with Crippen LogP contribution in [-0.2, 0) is 5.41 Å². The van der Waals surface area contributed by atoms with E-state index in [-0.39, 0.29) is 11.4 Å². The normalized spacial score (nSPS) is 11.5. The predicted octanol–water partition coefficient (Wildman–Crippen LogP) is 8.30. The maximum absolute atomic E-state index is 12.5. The quantitative estimate of drug-likeness (QED) is 0.122. The van der Waals surface area contributed by atoms with Crippen molar-refractivity contribution in [2.45, 2.75) is 65.2 Å². The standard InChI is InChI=1S/C31H37NO3/c1-5-6-7-8-9-22-34-28-18-10-24(11-19-28)23-32-27-16-20-29(21-17-27)35-30(33)25-12-14-26(15-13-25)31(2,3)4/h10-21,23H,5-9,22H2,1-4H3. The first-order valence-electron chi connectivity index (χ1n) is 12.5. The molecule has 0 radical (unpaired) electrons. The zero-order valence-electron chi connectivity index (χ0n) is 21.4. The molecule has 35 heavy (non-hydrogen) atoms. The first-order chi connectivity index (χ1) is 16.8. The minimum atomic E-state index is -0.370. The molecule has 0 spiro atoms. The largest absolute Gasteiger partial charge is 0.494 e. The van der Waals surface area contributed by atoms with Crippen LogP contribution in [0.5, 0.6) is 11.5 Å². The van der Waals surface area contributed by atoms with Gasteiger partial charge in [-0.25, -0.2) is 4.79 Å². The molecule has 0 heterocycles. The Hall–Kier alpha value is -3.40. The molecule has 0 N–H and O–H groups in total. The van der Waals surface area contributed by atoms with Gasteiger partial charge in [0.05, 0.1) is 17.9 Å². The number of hydrogen-bond donors (Lipinski definition) is 0. The van der Waals surface area contributed by atoms with Crippen LogP contribution in [0.1, 0.15) is 81.3 Å². The van der Waals surface area contributed by atoms with Crippen LogP contribution in [0, 0.1) is 0 Å². The van der Waals surface area contributed by atoms with Crippen molar-refractivity contribution in [2.75, 3.05) is 6.61 Å². The molecule has 0 saturated carbocycles. The monoisotopic (exact) mass is 471 g/mol. The molecule has 0 bridgehead atoms. The number of benzene rings is 3. The van der Waals surface area contributed by atoms with E-state index in [9.17, 15) is 4.79 Å². The highest BCUT2D eigenvalue weighted by molar-refractivity contribution is 5.91. The van der Waals surface area contributed by atoms with Gasteiger partial charge in [0.2, 0.25) is 0 Å². The zero-order chi connectivity index (χ0) is 25.1. The number of rotatable bonds is 11. The Morgan fingerprint density at radius 3 is 2.06 bits per heavy atom. The number of aliphatic imine (C=N–C) groups is 1. The van der Waals surface area contributed by atoms with E-state index >= 15 is 0 Å². The fraction of sp³-hybridized carbons (Fsp3) is 0.355. The molecular formula is C31H37NO3. The molecule has 4 heteroatoms. The number of unbranched alkanes of at least 4 members (excludes halogenated alkanes) is 4. The van der Waals surface area contributed by atoms with Crippen LogP contribution < -0.4 is 9.47 Å². The Morgan fingerprint density at radius 1 is 0.800 bits per heavy atom. The Bertz CT molecular complexity index is 1080. The second kappa shape index (κ2) is 12.9. The molecule has 0 aliphatic rings. The smallest absolute Gasteiger partial charge is 0.343 e. The number of esters is 1. The fourth-order valence-electron chi connectivity index (χ4n) is 3.57. The summed E-state index contributed by atoms with van der Waals surface area (Å²) in [7, 11) is 0. The molecule has 0 saturated heterocycles. The second-order valence-corrected chi connectivity index (χ2v) is 9.80. The van der Waals surface area contributed by atoms with Gasteiger partial charge in [-0.15, -0.1) is 0 Å². The summed E-state index contributed by atoms with van der Waals surface area (Å²) in [6, 6.07) is 22.7. The van der Waals surface area contributed by atoms with Crippen LogP contribution in [0.4, 0.5) is 5.69 Å². The van der Waals surface area contributed by atoms with Gasteiger partial charge in [-0.1, -0.05) is 65.5 Å². The molecule has 0 aliphatic heterocycles. The maximum Gasteiger partial charge on any atom is 0.343 e. The van der Waals surface area contributed by atoms with Crippen LogP contribution in [0.25, 0.3) is 0 Å². The predicted molar refractivity (Wildman–Crippen MR) is 144 cm³/mol. The summed E-state index contributed by atoms with van der Waals surface area (Å²) >= 11 is 0. The molecule has 3 rings (SSSR count). The lowest BCUT2D eigenvalue weighted by molar-refractivity contribution is 0.0734. The van der Waals surface area contributed by atoms with Crippen molar-refractivity contribution in [1.29, 1.82) is 0 Å². The van der Waals surface area contributed by atoms with E-state index in [0.717, 1.165) is 30.0 Å². The van der Waals surface area contributed by atoms with Crippen molar-refractivity contribution in [3.63, 3.8) is 0 Å². The topological polar surface area (TPSA) is 47.9 Å². The average molecular weight is 472 g/mol. The molecule has 4 nitrogen and oxygen atoms in total. The van der Waals surface area contributed by atoms with Gasteiger partial charge in [0.15, 0.2) is 0 Å². The van der Waals surface area contributed by atoms with Gasteiger partial charge >= 0.3 is 5.97 Å². The van der Waals surface area contributed by atoms with Crippen molar-refractivity contribution < 1.29 is 14.3 Å². The van der Waals surface area contributed by atoms with Gasteiger partial charge in [0, 0.05) is 6.21 Å². The van der Waals surface area contributed by atoms with E-state index in [1.165, 1.54) is 31.2 Å². The van der Waals surface area contributed by atoms with Gasteiger partial charge in [0.1, 0.15) is 11.5 Å². The molecule has 0 atom stereocenters. The molecule has 0 unspecified atom stereocenters. The van der Waals surface area contributed by atoms with E-state index in [2.05, 4.69) is 32.7 Å². The minimum absolute atomic E-state index is 0.0438. The molecule has 0 aliphatic carbocycles. The molecule has 0 amide bonds. The Morgan fingerprint density at radius 2 is 1.43 bits per heavy atom. The molecule has 0 fully saturated rings. The Labute approximate surface area is 210 Å². The highest BCUT2D eigenvalue weighted by atomic mass is 16.5. The number of ether oxygens (including phenoxy) is 2. The lowest BCUT2D eigenvalue weighted by atomic mass is 9.87. The fourth-order valence-corrected chi connectivity index (χ4v) is 3.57. The summed E-state index contributed by atoms with van der Waals surface area (Å²) < 4.78 is 11.3. The minimum Gasteiger partial charge on any atom is -0.494 e. The van der Waals surface area contributed by atoms with E-state index in [1.807, 2.05) is 66.9 Å². The number of hydrogen-bond acceptors (Lipinski definition) is 4. The summed E-state index contributed by atoms with van der Waals surface area (Å²) in [5, 5.41) is 0. The van der Waals surface area contributed by atoms with Crippen LogP contribution in [0.2, 0.25) is 0 Å². The van der Waals surface area contributed by atoms with Crippen molar-refractivity contribution in [3.8, 4) is 11.5 Å². The average Bonchev–Trinajstić information content (AvgIpc) is 2.86. The summed E-state index contributed by atoms with van der Waals surface area (Å²) in [5.74, 6) is 1.01. The molecule has 3 aromatic carbocycles. The van der Waals surface area contributed by atoms with Gasteiger partial charge in [-0.3, -0.25) is 4.99 Å². The Kier molecular flexibility index (Phi) is 9.66. The van der Waals surface area contributed by atoms with E-state index in [4.69, 9.17) is 9.47 Å². The third kappa shape index (κ3) is 8.71. The van der Waals surface area contributed by atoms with Crippen LogP contribution in [-0.4, -0.2) is 18.8 Å². The first kappa shape index (κ1) is 26.2. The van der Waals surface area contributed by atoms with Crippen molar-refractivity contribution in [3.05, 3.63) is 89.5 Å². The van der Waals surface area contributed by atoms with Gasteiger partial charge in [0.25, 0.3) is 0 Å². The van der Waals surface area contributed by atoms with Crippen LogP contribution in [0.3, 0.4) is 0 Å². The third-order valence-electron chi connectivity index (χ3n) is 5.79. The van der Waals surface area contributed by atoms with E-state index < -0.39 is 0 Å². The lowest BCUT2D eigenvalue weighted by Gasteiger charge is -2.18. The van der Waals surface area contributed by atoms with Gasteiger partial charge < -0.3 is 9.47 Å². The summed E-state index contributed by atoms with van der Waals surface area (Å²) in [4.78, 5) is 17.0. The summed E-state index contributed by atoms with van der Waals surface area (Å²) in [6.45, 7) is 9.42. The first-order valence-corrected chi connectivity index (χ1v) is 12.5. The number of carbonyl (C=O) groups excluding carboxylic acids is 1. The number of nitrogens with zero attached hydrogens (tertiary/aromatic N) is 1. The summed E-state index contributed by atoms with van der Waals surface area (Å²) in [6.07, 6.45) is 7.97. The van der Waals surface area contributed by atoms with Crippen molar-refractivity contribution >= 4 is 17.9 Å². The van der Waals surface area contributed by atoms with E-state index in [0.29, 0.717) is 11.3 Å². The highest BCUT2D eigenvalue weighted by Crippen LogP contribution is 2.23. The molecule has 0 aromatic heterocycles. The number of carbonyl (C=O) groups is 1. The third-order valence-corrected chi connectivity index (χ3v) is 5.79. The van der Waals surface area contributed by atoms with Gasteiger partial charge in [-0.2, -0.15) is 0 Å². The van der Waals surface area contributed by atoms with Gasteiger partial charge in [-0.05, 0) is 83.6 Å². The molecule has 184 valence electrons. The van der Waals surface area contributed by atoms with E-state index in [1.54, 1.807) is 12.1 Å². The highest BCUT2D eigenvalue weighted by Gasteiger charge is 2.15. The van der Waals surface area contributed by atoms with Crippen molar-refractivity contribution in [1.82, 2.24) is 0 Å². The molecular weight excluding hydrogens is 434 g/mol. The lowest BCUT2D eigenvalue weighted by Crippen LogP contribution is -2.12. The maximum atomic E-state index is 12.5. The SMILES string of the molecule is CCCCCCCOc1ccc(C=Nc2ccc(OC(=O)c3ccc(C(C)(C)C)cc3)cc2)cc1. The van der Waals surface area contributed by atoms with Crippen molar-refractivity contribution in [2.24, 2.45) is 4.99 Å². The van der Waals surface area contributed by atoms with Crippen LogP contribution >= 0.6 is 0 Å².